The van der Waals surface area contributed by atoms with E-state index < -0.39 is 5.92 Å². The van der Waals surface area contributed by atoms with Crippen LogP contribution >= 0.6 is 0 Å². The van der Waals surface area contributed by atoms with Crippen molar-refractivity contribution in [3.63, 3.8) is 0 Å². The van der Waals surface area contributed by atoms with Crippen LogP contribution in [0.25, 0.3) is 0 Å². The number of carbonyl (C=O) groups excluding carboxylic acids is 2. The Hall–Kier alpha value is -1.46. The first-order chi connectivity index (χ1) is 10.7. The highest BCUT2D eigenvalue weighted by Gasteiger charge is 2.37. The average molecular weight is 307 g/mol. The summed E-state index contributed by atoms with van der Waals surface area (Å²) in [5.74, 6) is 0.0166. The highest BCUT2D eigenvalue weighted by molar-refractivity contribution is 6.06. The number of hydroxylamine groups is 1. The zero-order valence-corrected chi connectivity index (χ0v) is 13.1. The van der Waals surface area contributed by atoms with Crippen molar-refractivity contribution in [2.75, 3.05) is 19.8 Å². The second-order valence-corrected chi connectivity index (χ2v) is 5.85. The van der Waals surface area contributed by atoms with Crippen molar-refractivity contribution in [3.8, 4) is 0 Å². The molecule has 2 aliphatic rings. The van der Waals surface area contributed by atoms with Gasteiger partial charge in [-0.2, -0.15) is 0 Å². The van der Waals surface area contributed by atoms with Crippen LogP contribution in [0.3, 0.4) is 0 Å². The van der Waals surface area contributed by atoms with Gasteiger partial charge in [-0.05, 0) is 37.7 Å². The summed E-state index contributed by atoms with van der Waals surface area (Å²) >= 11 is 0. The lowest BCUT2D eigenvalue weighted by Crippen LogP contribution is -2.37. The molecule has 1 aliphatic heterocycles. The monoisotopic (exact) mass is 307 g/mol. The molecule has 2 fully saturated rings. The molecule has 1 heterocycles. The number of allylic oxidation sites excluding steroid dienone is 3. The number of carbonyl (C=O) groups is 2. The van der Waals surface area contributed by atoms with Gasteiger partial charge in [-0.25, -0.2) is 0 Å². The molecule has 1 atom stereocenters. The van der Waals surface area contributed by atoms with Gasteiger partial charge in [0.05, 0.1) is 12.5 Å². The minimum Gasteiger partial charge on any atom is -0.381 e. The van der Waals surface area contributed by atoms with Gasteiger partial charge >= 0.3 is 0 Å². The summed E-state index contributed by atoms with van der Waals surface area (Å²) in [5, 5.41) is 0. The van der Waals surface area contributed by atoms with Crippen molar-refractivity contribution in [2.24, 2.45) is 17.8 Å². The summed E-state index contributed by atoms with van der Waals surface area (Å²) in [7, 11) is 0. The van der Waals surface area contributed by atoms with Crippen LogP contribution in [-0.4, -0.2) is 31.4 Å². The number of hydrogen-bond acceptors (Lipinski definition) is 5. The molecule has 5 nitrogen and oxygen atoms in total. The fourth-order valence-corrected chi connectivity index (χ4v) is 3.11. The van der Waals surface area contributed by atoms with E-state index in [0.29, 0.717) is 32.0 Å². The molecule has 22 heavy (non-hydrogen) atoms. The summed E-state index contributed by atoms with van der Waals surface area (Å²) < 4.78 is 5.48. The maximum absolute atomic E-state index is 12.2. The Morgan fingerprint density at radius 2 is 2.00 bits per heavy atom. The van der Waals surface area contributed by atoms with E-state index in [4.69, 9.17) is 9.57 Å². The van der Waals surface area contributed by atoms with Gasteiger partial charge in [-0.3, -0.25) is 19.9 Å². The van der Waals surface area contributed by atoms with Crippen LogP contribution < -0.4 is 5.48 Å². The normalized spacial score (nSPS) is 30.3. The Kier molecular flexibility index (Phi) is 6.80. The molecule has 0 aromatic heterocycles. The third kappa shape index (κ3) is 4.78. The molecule has 1 unspecified atom stereocenters. The van der Waals surface area contributed by atoms with Crippen molar-refractivity contribution in [1.82, 2.24) is 5.48 Å². The summed E-state index contributed by atoms with van der Waals surface area (Å²) in [5.41, 5.74) is 2.63. The Labute approximate surface area is 131 Å². The Bertz CT molecular complexity index is 420. The van der Waals surface area contributed by atoms with Gasteiger partial charge in [0.2, 0.25) is 0 Å². The molecule has 0 aromatic rings. The molecular weight excluding hydrogens is 282 g/mol. The van der Waals surface area contributed by atoms with E-state index in [2.05, 4.69) is 5.48 Å². The summed E-state index contributed by atoms with van der Waals surface area (Å²) in [6.07, 6.45) is 9.84. The van der Waals surface area contributed by atoms with Crippen molar-refractivity contribution in [2.45, 2.75) is 32.6 Å². The average Bonchev–Trinajstić information content (AvgIpc) is 2.53. The van der Waals surface area contributed by atoms with Crippen LogP contribution in [0.5, 0.6) is 0 Å². The molecule has 1 aliphatic carbocycles. The topological polar surface area (TPSA) is 64.6 Å². The molecule has 0 aromatic carbocycles. The lowest BCUT2D eigenvalue weighted by atomic mass is 9.73. The fourth-order valence-electron chi connectivity index (χ4n) is 3.11. The minimum atomic E-state index is -0.586. The smallest absolute Gasteiger partial charge is 0.147 e. The van der Waals surface area contributed by atoms with Gasteiger partial charge in [-0.15, -0.1) is 0 Å². The van der Waals surface area contributed by atoms with Crippen LogP contribution in [0.2, 0.25) is 0 Å². The Morgan fingerprint density at radius 1 is 1.23 bits per heavy atom. The number of hydrogen-bond donors (Lipinski definition) is 1. The first-order valence-corrected chi connectivity index (χ1v) is 8.06. The molecule has 1 N–H and O–H groups in total. The second-order valence-electron chi connectivity index (χ2n) is 5.85. The van der Waals surface area contributed by atoms with Gasteiger partial charge in [0.1, 0.15) is 11.6 Å². The van der Waals surface area contributed by atoms with E-state index in [1.54, 1.807) is 24.4 Å². The number of nitrogens with one attached hydrogen (secondary N) is 1. The van der Waals surface area contributed by atoms with Crippen LogP contribution in [0, 0.1) is 17.8 Å². The minimum absolute atomic E-state index is 0.0363. The lowest BCUT2D eigenvalue weighted by molar-refractivity contribution is -0.137. The van der Waals surface area contributed by atoms with Crippen LogP contribution in [-0.2, 0) is 19.2 Å². The molecule has 0 amide bonds. The number of Topliss-reactive ketones (excluding diaryl/α,β-unsaturated/α-hetero) is 2. The molecule has 1 saturated carbocycles. The van der Waals surface area contributed by atoms with Crippen LogP contribution in [0.1, 0.15) is 32.6 Å². The van der Waals surface area contributed by atoms with E-state index in [0.717, 1.165) is 19.4 Å². The predicted octanol–water partition coefficient (Wildman–Crippen LogP) is 2.19. The quantitative estimate of drug-likeness (QED) is 0.353. The number of rotatable bonds is 6. The number of ketones is 2. The zero-order valence-electron chi connectivity index (χ0n) is 13.1. The molecule has 0 radical (unpaired) electrons. The molecule has 5 heteroatoms. The second kappa shape index (κ2) is 8.86. The largest absolute Gasteiger partial charge is 0.381 e. The van der Waals surface area contributed by atoms with Crippen molar-refractivity contribution in [1.29, 1.82) is 0 Å². The van der Waals surface area contributed by atoms with E-state index >= 15 is 0 Å². The van der Waals surface area contributed by atoms with Crippen LogP contribution in [0.4, 0.5) is 0 Å². The van der Waals surface area contributed by atoms with Crippen molar-refractivity contribution in [3.05, 3.63) is 24.4 Å². The molecule has 122 valence electrons. The van der Waals surface area contributed by atoms with Gasteiger partial charge in [-0.1, -0.05) is 12.2 Å². The molecular formula is C17H25NO4. The van der Waals surface area contributed by atoms with Gasteiger partial charge < -0.3 is 4.74 Å². The standard InChI is InChI=1S/C17H25NO4/c1-2-22-18-8-4-3-7-15-16(19)10-14(11-17(15)20)13-6-5-9-21-12-13/h3-4,7-8,13-15,18H,2,5-6,9-12H2,1H3. The first-order valence-electron chi connectivity index (χ1n) is 8.06. The van der Waals surface area contributed by atoms with Crippen molar-refractivity contribution < 1.29 is 19.2 Å². The van der Waals surface area contributed by atoms with Gasteiger partial charge in [0.25, 0.3) is 0 Å². The third-order valence-electron chi connectivity index (χ3n) is 4.29. The van der Waals surface area contributed by atoms with Crippen LogP contribution in [0.15, 0.2) is 24.4 Å². The zero-order chi connectivity index (χ0) is 15.8. The molecule has 0 spiro atoms. The highest BCUT2D eigenvalue weighted by atomic mass is 16.6. The lowest BCUT2D eigenvalue weighted by Gasteiger charge is -2.33. The summed E-state index contributed by atoms with van der Waals surface area (Å²) in [6.45, 7) is 3.94. The molecule has 2 rings (SSSR count). The summed E-state index contributed by atoms with van der Waals surface area (Å²) in [6, 6.07) is 0. The highest BCUT2D eigenvalue weighted by Crippen LogP contribution is 2.33. The molecule has 0 bridgehead atoms. The van der Waals surface area contributed by atoms with Crippen molar-refractivity contribution >= 4 is 11.6 Å². The Morgan fingerprint density at radius 3 is 2.64 bits per heavy atom. The fraction of sp³-hybridized carbons (Fsp3) is 0.647. The Balaban J connectivity index is 1.85. The summed E-state index contributed by atoms with van der Waals surface area (Å²) in [4.78, 5) is 29.4. The maximum Gasteiger partial charge on any atom is 0.147 e. The van der Waals surface area contributed by atoms with E-state index in [9.17, 15) is 9.59 Å². The number of ether oxygens (including phenoxy) is 1. The SMILES string of the molecule is CCONC=CC=CC1C(=O)CC(C2CCCOC2)CC1=O. The maximum atomic E-state index is 12.2. The van der Waals surface area contributed by atoms with Gasteiger partial charge in [0.15, 0.2) is 0 Å². The first kappa shape index (κ1) is 16.9. The molecule has 1 saturated heterocycles. The van der Waals surface area contributed by atoms with E-state index in [1.165, 1.54) is 0 Å². The third-order valence-corrected chi connectivity index (χ3v) is 4.29. The predicted molar refractivity (Wildman–Crippen MR) is 82.8 cm³/mol. The van der Waals surface area contributed by atoms with Gasteiger partial charge in [0, 0.05) is 32.3 Å². The van der Waals surface area contributed by atoms with E-state index in [1.807, 2.05) is 6.92 Å². The van der Waals surface area contributed by atoms with E-state index in [-0.39, 0.29) is 17.5 Å².